The second-order valence-corrected chi connectivity index (χ2v) is 5.56. The standard InChI is InChI=1S/C12H17BrN4/c1-8(2)6-9(3)15-11-12-14-4-5-17(12)7-10(13)16-11/h4-5,7-9H,6H2,1-3H3,(H,15,16). The number of anilines is 1. The lowest BCUT2D eigenvalue weighted by molar-refractivity contribution is 0.539. The predicted octanol–water partition coefficient (Wildman–Crippen LogP) is 3.34. The lowest BCUT2D eigenvalue weighted by Crippen LogP contribution is -2.19. The monoisotopic (exact) mass is 296 g/mol. The molecule has 0 radical (unpaired) electrons. The Morgan fingerprint density at radius 1 is 1.41 bits per heavy atom. The molecular weight excluding hydrogens is 280 g/mol. The summed E-state index contributed by atoms with van der Waals surface area (Å²) in [6.45, 7) is 6.61. The Hall–Kier alpha value is -1.10. The van der Waals surface area contributed by atoms with Gasteiger partial charge in [-0.25, -0.2) is 9.97 Å². The fourth-order valence-electron chi connectivity index (χ4n) is 2.00. The van der Waals surface area contributed by atoms with E-state index < -0.39 is 0 Å². The molecule has 1 N–H and O–H groups in total. The van der Waals surface area contributed by atoms with E-state index in [1.165, 1.54) is 0 Å². The van der Waals surface area contributed by atoms with E-state index in [-0.39, 0.29) is 0 Å². The SMILES string of the molecule is CC(C)CC(C)Nc1nc(Br)cn2ccnc12. The molecule has 1 atom stereocenters. The van der Waals surface area contributed by atoms with Crippen molar-refractivity contribution in [1.29, 1.82) is 0 Å². The van der Waals surface area contributed by atoms with Crippen LogP contribution in [0.4, 0.5) is 5.82 Å². The zero-order valence-corrected chi connectivity index (χ0v) is 11.9. The van der Waals surface area contributed by atoms with Crippen LogP contribution in [-0.2, 0) is 0 Å². The van der Waals surface area contributed by atoms with E-state index in [9.17, 15) is 0 Å². The summed E-state index contributed by atoms with van der Waals surface area (Å²) in [5.41, 5.74) is 0.865. The van der Waals surface area contributed by atoms with Gasteiger partial charge in [-0.1, -0.05) is 13.8 Å². The van der Waals surface area contributed by atoms with Gasteiger partial charge in [0.25, 0.3) is 0 Å². The van der Waals surface area contributed by atoms with Crippen molar-refractivity contribution in [3.63, 3.8) is 0 Å². The summed E-state index contributed by atoms with van der Waals surface area (Å²) in [5.74, 6) is 1.50. The minimum absolute atomic E-state index is 0.386. The van der Waals surface area contributed by atoms with Gasteiger partial charge in [0.2, 0.25) is 0 Å². The van der Waals surface area contributed by atoms with Crippen molar-refractivity contribution in [3.05, 3.63) is 23.2 Å². The number of imidazole rings is 1. The van der Waals surface area contributed by atoms with Crippen LogP contribution in [0.5, 0.6) is 0 Å². The van der Waals surface area contributed by atoms with E-state index in [1.807, 2.05) is 16.8 Å². The predicted molar refractivity (Wildman–Crippen MR) is 73.2 cm³/mol. The summed E-state index contributed by atoms with van der Waals surface area (Å²) in [5, 5.41) is 3.42. The quantitative estimate of drug-likeness (QED) is 0.941. The topological polar surface area (TPSA) is 42.2 Å². The molecule has 0 spiro atoms. The van der Waals surface area contributed by atoms with Gasteiger partial charge in [-0.3, -0.25) is 0 Å². The fourth-order valence-corrected chi connectivity index (χ4v) is 2.40. The van der Waals surface area contributed by atoms with Gasteiger partial charge >= 0.3 is 0 Å². The minimum Gasteiger partial charge on any atom is -0.364 e. The van der Waals surface area contributed by atoms with Crippen LogP contribution in [0.1, 0.15) is 27.2 Å². The lowest BCUT2D eigenvalue weighted by atomic mass is 10.1. The van der Waals surface area contributed by atoms with Crippen LogP contribution in [0.3, 0.4) is 0 Å². The van der Waals surface area contributed by atoms with Crippen LogP contribution < -0.4 is 5.32 Å². The zero-order chi connectivity index (χ0) is 12.4. The highest BCUT2D eigenvalue weighted by Gasteiger charge is 2.10. The van der Waals surface area contributed by atoms with Crippen LogP contribution in [0.25, 0.3) is 5.65 Å². The van der Waals surface area contributed by atoms with Crippen molar-refractivity contribution in [2.45, 2.75) is 33.2 Å². The van der Waals surface area contributed by atoms with E-state index in [2.05, 4.69) is 52.0 Å². The molecule has 0 saturated heterocycles. The van der Waals surface area contributed by atoms with E-state index >= 15 is 0 Å². The third-order valence-corrected chi connectivity index (χ3v) is 2.93. The normalized spacial score (nSPS) is 13.2. The molecule has 0 amide bonds. The van der Waals surface area contributed by atoms with Gasteiger partial charge in [-0.05, 0) is 35.2 Å². The molecule has 2 heterocycles. The Labute approximate surface area is 110 Å². The van der Waals surface area contributed by atoms with E-state index in [0.29, 0.717) is 12.0 Å². The van der Waals surface area contributed by atoms with Gasteiger partial charge in [-0.15, -0.1) is 0 Å². The Kier molecular flexibility index (Phi) is 3.66. The molecule has 5 heteroatoms. The molecule has 92 valence electrons. The number of hydrogen-bond donors (Lipinski definition) is 1. The number of hydrogen-bond acceptors (Lipinski definition) is 3. The smallest absolute Gasteiger partial charge is 0.180 e. The van der Waals surface area contributed by atoms with Gasteiger partial charge in [-0.2, -0.15) is 0 Å². The summed E-state index contributed by atoms with van der Waals surface area (Å²) < 4.78 is 2.77. The number of halogens is 1. The number of rotatable bonds is 4. The molecule has 0 bridgehead atoms. The number of fused-ring (bicyclic) bond motifs is 1. The van der Waals surface area contributed by atoms with Gasteiger partial charge in [0, 0.05) is 24.6 Å². The van der Waals surface area contributed by atoms with Gasteiger partial charge < -0.3 is 9.72 Å². The summed E-state index contributed by atoms with van der Waals surface area (Å²) in [4.78, 5) is 8.75. The molecule has 0 fully saturated rings. The molecule has 2 aromatic heterocycles. The van der Waals surface area contributed by atoms with E-state index in [4.69, 9.17) is 0 Å². The molecule has 0 aromatic carbocycles. The van der Waals surface area contributed by atoms with Gasteiger partial charge in [0.15, 0.2) is 11.5 Å². The largest absolute Gasteiger partial charge is 0.364 e. The average Bonchev–Trinajstić information content (AvgIpc) is 2.63. The molecule has 0 aliphatic carbocycles. The first-order chi connectivity index (χ1) is 8.06. The molecule has 0 aliphatic rings. The first-order valence-corrected chi connectivity index (χ1v) is 6.61. The van der Waals surface area contributed by atoms with Crippen LogP contribution in [0, 0.1) is 5.92 Å². The van der Waals surface area contributed by atoms with E-state index in [0.717, 1.165) is 22.5 Å². The molecule has 1 unspecified atom stereocenters. The third kappa shape index (κ3) is 2.97. The summed E-state index contributed by atoms with van der Waals surface area (Å²) in [6, 6.07) is 0.386. The van der Waals surface area contributed by atoms with Crippen molar-refractivity contribution in [3.8, 4) is 0 Å². The molecule has 17 heavy (non-hydrogen) atoms. The molecule has 0 aliphatic heterocycles. The minimum atomic E-state index is 0.386. The molecule has 2 aromatic rings. The Balaban J connectivity index is 2.25. The number of nitrogens with zero attached hydrogens (tertiary/aromatic N) is 3. The summed E-state index contributed by atoms with van der Waals surface area (Å²) in [7, 11) is 0. The van der Waals surface area contributed by atoms with Crippen molar-refractivity contribution < 1.29 is 0 Å². The first-order valence-electron chi connectivity index (χ1n) is 5.82. The first kappa shape index (κ1) is 12.4. The van der Waals surface area contributed by atoms with Crippen molar-refractivity contribution in [1.82, 2.24) is 14.4 Å². The summed E-state index contributed by atoms with van der Waals surface area (Å²) in [6.07, 6.45) is 6.71. The molecule has 0 saturated carbocycles. The maximum atomic E-state index is 4.44. The molecule has 2 rings (SSSR count). The van der Waals surface area contributed by atoms with E-state index in [1.54, 1.807) is 6.20 Å². The second kappa shape index (κ2) is 5.04. The average molecular weight is 297 g/mol. The summed E-state index contributed by atoms with van der Waals surface area (Å²) >= 11 is 3.41. The maximum absolute atomic E-state index is 4.44. The highest BCUT2D eigenvalue weighted by atomic mass is 79.9. The maximum Gasteiger partial charge on any atom is 0.180 e. The third-order valence-electron chi connectivity index (χ3n) is 2.55. The van der Waals surface area contributed by atoms with Crippen molar-refractivity contribution in [2.75, 3.05) is 5.32 Å². The molecule has 4 nitrogen and oxygen atoms in total. The molecular formula is C12H17BrN4. The Morgan fingerprint density at radius 3 is 2.88 bits per heavy atom. The fraction of sp³-hybridized carbons (Fsp3) is 0.500. The van der Waals surface area contributed by atoms with Gasteiger partial charge in [0.05, 0.1) is 0 Å². The number of nitrogens with one attached hydrogen (secondary N) is 1. The van der Waals surface area contributed by atoms with Crippen LogP contribution in [-0.4, -0.2) is 20.4 Å². The highest BCUT2D eigenvalue weighted by molar-refractivity contribution is 9.10. The zero-order valence-electron chi connectivity index (χ0n) is 10.3. The van der Waals surface area contributed by atoms with Crippen LogP contribution >= 0.6 is 15.9 Å². The van der Waals surface area contributed by atoms with Crippen LogP contribution in [0.2, 0.25) is 0 Å². The van der Waals surface area contributed by atoms with Gasteiger partial charge in [0.1, 0.15) is 4.60 Å². The highest BCUT2D eigenvalue weighted by Crippen LogP contribution is 2.19. The van der Waals surface area contributed by atoms with Crippen molar-refractivity contribution >= 4 is 27.4 Å². The Morgan fingerprint density at radius 2 is 2.18 bits per heavy atom. The van der Waals surface area contributed by atoms with Crippen LogP contribution in [0.15, 0.2) is 23.2 Å². The lowest BCUT2D eigenvalue weighted by Gasteiger charge is -2.17. The number of aromatic nitrogens is 3. The Bertz CT molecular complexity index is 506. The van der Waals surface area contributed by atoms with Crippen molar-refractivity contribution in [2.24, 2.45) is 5.92 Å². The second-order valence-electron chi connectivity index (χ2n) is 4.75.